The van der Waals surface area contributed by atoms with E-state index in [4.69, 9.17) is 0 Å². The first kappa shape index (κ1) is 16.0. The molecule has 0 aromatic rings. The lowest BCUT2D eigenvalue weighted by molar-refractivity contribution is -0.148. The molecule has 1 saturated carbocycles. The molecule has 2 rings (SSSR count). The molecule has 2 bridgehead atoms. The maximum atomic E-state index is 12.5. The van der Waals surface area contributed by atoms with Crippen molar-refractivity contribution in [3.63, 3.8) is 0 Å². The van der Waals surface area contributed by atoms with Crippen LogP contribution in [0, 0.1) is 29.1 Å². The Hall–Kier alpha value is -1.36. The Morgan fingerprint density at radius 1 is 1.19 bits per heavy atom. The highest BCUT2D eigenvalue weighted by molar-refractivity contribution is 5.86. The van der Waals surface area contributed by atoms with Crippen LogP contribution in [0.15, 0.2) is 12.2 Å². The van der Waals surface area contributed by atoms with Gasteiger partial charge in [-0.2, -0.15) is 0 Å². The van der Waals surface area contributed by atoms with Crippen LogP contribution >= 0.6 is 0 Å². The van der Waals surface area contributed by atoms with Gasteiger partial charge in [-0.1, -0.05) is 26.0 Å². The van der Waals surface area contributed by atoms with Crippen molar-refractivity contribution in [2.45, 2.75) is 33.1 Å². The number of aliphatic carboxylic acids is 1. The molecule has 0 spiro atoms. The van der Waals surface area contributed by atoms with Crippen LogP contribution in [0.4, 0.5) is 0 Å². The molecule has 0 heterocycles. The first-order chi connectivity index (χ1) is 9.98. The summed E-state index contributed by atoms with van der Waals surface area (Å²) in [5.74, 6) is -2.11. The summed E-state index contributed by atoms with van der Waals surface area (Å²) in [6, 6.07) is 0. The van der Waals surface area contributed by atoms with Crippen molar-refractivity contribution in [2.24, 2.45) is 29.1 Å². The number of carbonyl (C=O) groups excluding carboxylic acids is 1. The number of allylic oxidation sites excluding steroid dienone is 2. The number of aliphatic hydroxyl groups is 1. The third-order valence-corrected chi connectivity index (χ3v) is 5.52. The molecule has 118 valence electrons. The Balaban J connectivity index is 2.03. The minimum absolute atomic E-state index is 0.0109. The molecular formula is C16H25NO4. The van der Waals surface area contributed by atoms with E-state index < -0.39 is 17.8 Å². The van der Waals surface area contributed by atoms with Crippen molar-refractivity contribution < 1.29 is 19.8 Å². The van der Waals surface area contributed by atoms with E-state index in [1.54, 1.807) is 0 Å². The van der Waals surface area contributed by atoms with Gasteiger partial charge in [-0.05, 0) is 31.1 Å². The quantitative estimate of drug-likeness (QED) is 0.620. The highest BCUT2D eigenvalue weighted by Crippen LogP contribution is 2.48. The van der Waals surface area contributed by atoms with Crippen LogP contribution in [-0.2, 0) is 9.59 Å². The van der Waals surface area contributed by atoms with Gasteiger partial charge in [0, 0.05) is 12.0 Å². The molecule has 4 unspecified atom stereocenters. The zero-order valence-electron chi connectivity index (χ0n) is 12.7. The molecule has 2 aliphatic carbocycles. The Bertz CT molecular complexity index is 433. The number of hydrogen-bond donors (Lipinski definition) is 3. The Labute approximate surface area is 125 Å². The van der Waals surface area contributed by atoms with E-state index in [1.165, 1.54) is 0 Å². The molecule has 5 heteroatoms. The third-order valence-electron chi connectivity index (χ3n) is 5.52. The van der Waals surface area contributed by atoms with Gasteiger partial charge >= 0.3 is 5.97 Å². The molecule has 1 fully saturated rings. The highest BCUT2D eigenvalue weighted by atomic mass is 16.4. The zero-order chi connectivity index (χ0) is 15.6. The van der Waals surface area contributed by atoms with Crippen molar-refractivity contribution in [1.29, 1.82) is 0 Å². The number of carboxylic acids is 1. The summed E-state index contributed by atoms with van der Waals surface area (Å²) in [7, 11) is 0. The van der Waals surface area contributed by atoms with Gasteiger partial charge in [0.15, 0.2) is 0 Å². The number of aliphatic hydroxyl groups excluding tert-OH is 1. The van der Waals surface area contributed by atoms with Gasteiger partial charge < -0.3 is 15.5 Å². The lowest BCUT2D eigenvalue weighted by Crippen LogP contribution is -2.45. The van der Waals surface area contributed by atoms with Gasteiger partial charge in [0.2, 0.25) is 5.91 Å². The average molecular weight is 295 g/mol. The van der Waals surface area contributed by atoms with Crippen LogP contribution < -0.4 is 5.32 Å². The number of carboxylic acid groups (broad SMARTS) is 1. The standard InChI is InChI=1S/C16H25NO4/c1-3-16(4-2,9-18)8-17-14(19)12-10-5-6-11(7-10)13(12)15(20)21/h5-6,10-13,18H,3-4,7-9H2,1-2H3,(H,17,19)(H,20,21). The van der Waals surface area contributed by atoms with Gasteiger partial charge in [-0.25, -0.2) is 0 Å². The van der Waals surface area contributed by atoms with E-state index in [9.17, 15) is 19.8 Å². The number of rotatable bonds is 7. The molecule has 2 aliphatic rings. The van der Waals surface area contributed by atoms with Crippen LogP contribution in [0.5, 0.6) is 0 Å². The normalized spacial score (nSPS) is 30.6. The van der Waals surface area contributed by atoms with Crippen molar-refractivity contribution >= 4 is 11.9 Å². The van der Waals surface area contributed by atoms with Crippen molar-refractivity contribution in [3.05, 3.63) is 12.2 Å². The first-order valence-electron chi connectivity index (χ1n) is 7.77. The fraction of sp³-hybridized carbons (Fsp3) is 0.750. The smallest absolute Gasteiger partial charge is 0.307 e. The second-order valence-corrected chi connectivity index (χ2v) is 6.42. The van der Waals surface area contributed by atoms with Crippen LogP contribution in [0.25, 0.3) is 0 Å². The van der Waals surface area contributed by atoms with Gasteiger partial charge in [0.25, 0.3) is 0 Å². The second kappa shape index (κ2) is 6.18. The molecule has 0 aliphatic heterocycles. The lowest BCUT2D eigenvalue weighted by atomic mass is 9.81. The monoisotopic (exact) mass is 295 g/mol. The Kier molecular flexibility index (Phi) is 4.71. The van der Waals surface area contributed by atoms with Crippen molar-refractivity contribution in [2.75, 3.05) is 13.2 Å². The summed E-state index contributed by atoms with van der Waals surface area (Å²) >= 11 is 0. The fourth-order valence-electron chi connectivity index (χ4n) is 3.69. The number of carbonyl (C=O) groups is 2. The summed E-state index contributed by atoms with van der Waals surface area (Å²) in [4.78, 5) is 23.9. The molecule has 5 nitrogen and oxygen atoms in total. The highest BCUT2D eigenvalue weighted by Gasteiger charge is 2.51. The molecule has 3 N–H and O–H groups in total. The first-order valence-corrected chi connectivity index (χ1v) is 7.77. The minimum Gasteiger partial charge on any atom is -0.481 e. The number of amides is 1. The Morgan fingerprint density at radius 3 is 2.24 bits per heavy atom. The van der Waals surface area contributed by atoms with Crippen LogP contribution in [0.1, 0.15) is 33.1 Å². The number of hydrogen-bond acceptors (Lipinski definition) is 3. The molecule has 0 aromatic carbocycles. The van der Waals surface area contributed by atoms with Crippen molar-refractivity contribution in [1.82, 2.24) is 5.32 Å². The largest absolute Gasteiger partial charge is 0.481 e. The fourth-order valence-corrected chi connectivity index (χ4v) is 3.69. The molecule has 1 amide bonds. The van der Waals surface area contributed by atoms with E-state index in [-0.39, 0.29) is 29.8 Å². The summed E-state index contributed by atoms with van der Waals surface area (Å²) < 4.78 is 0. The van der Waals surface area contributed by atoms with Crippen LogP contribution in [-0.4, -0.2) is 35.2 Å². The number of nitrogens with one attached hydrogen (secondary N) is 1. The zero-order valence-corrected chi connectivity index (χ0v) is 12.7. The van der Waals surface area contributed by atoms with E-state index in [0.717, 1.165) is 19.3 Å². The summed E-state index contributed by atoms with van der Waals surface area (Å²) in [6.45, 7) is 4.41. The van der Waals surface area contributed by atoms with E-state index in [1.807, 2.05) is 26.0 Å². The van der Waals surface area contributed by atoms with Crippen molar-refractivity contribution in [3.8, 4) is 0 Å². The maximum Gasteiger partial charge on any atom is 0.307 e. The molecular weight excluding hydrogens is 270 g/mol. The predicted octanol–water partition coefficient (Wildman–Crippen LogP) is 1.42. The third kappa shape index (κ3) is 2.84. The SMILES string of the molecule is CCC(CC)(CO)CNC(=O)C1C2C=CC(C2)C1C(=O)O. The minimum atomic E-state index is -0.883. The van der Waals surface area contributed by atoms with Crippen LogP contribution in [0.3, 0.4) is 0 Å². The van der Waals surface area contributed by atoms with Gasteiger partial charge in [-0.3, -0.25) is 9.59 Å². The van der Waals surface area contributed by atoms with E-state index in [2.05, 4.69) is 5.32 Å². The molecule has 0 radical (unpaired) electrons. The van der Waals surface area contributed by atoms with Gasteiger partial charge in [0.1, 0.15) is 0 Å². The van der Waals surface area contributed by atoms with Gasteiger partial charge in [-0.15, -0.1) is 0 Å². The summed E-state index contributed by atoms with van der Waals surface area (Å²) in [5.41, 5.74) is -0.304. The van der Waals surface area contributed by atoms with E-state index in [0.29, 0.717) is 6.54 Å². The van der Waals surface area contributed by atoms with Gasteiger partial charge in [0.05, 0.1) is 18.4 Å². The molecule has 0 aromatic heterocycles. The predicted molar refractivity (Wildman–Crippen MR) is 78.5 cm³/mol. The van der Waals surface area contributed by atoms with E-state index >= 15 is 0 Å². The summed E-state index contributed by atoms with van der Waals surface area (Å²) in [6.07, 6.45) is 6.23. The lowest BCUT2D eigenvalue weighted by Gasteiger charge is -2.31. The second-order valence-electron chi connectivity index (χ2n) is 6.42. The topological polar surface area (TPSA) is 86.6 Å². The molecule has 4 atom stereocenters. The Morgan fingerprint density at radius 2 is 1.76 bits per heavy atom. The van der Waals surface area contributed by atoms with Crippen LogP contribution in [0.2, 0.25) is 0 Å². The number of fused-ring (bicyclic) bond motifs is 2. The maximum absolute atomic E-state index is 12.5. The molecule has 21 heavy (non-hydrogen) atoms. The summed E-state index contributed by atoms with van der Waals surface area (Å²) in [5, 5.41) is 21.8. The molecule has 0 saturated heterocycles. The average Bonchev–Trinajstić information content (AvgIpc) is 3.09.